The third kappa shape index (κ3) is 33.6. The number of allylic oxidation sites excluding steroid dienone is 4. The lowest BCUT2D eigenvalue weighted by Crippen LogP contribution is -2.60. The predicted octanol–water partition coefficient (Wildman–Crippen LogP) is 10.8. The van der Waals surface area contributed by atoms with Gasteiger partial charge in [0.1, 0.15) is 36.8 Å². The van der Waals surface area contributed by atoms with Crippen LogP contribution in [0.1, 0.15) is 219 Å². The van der Waals surface area contributed by atoms with E-state index in [9.17, 15) is 37.9 Å². The summed E-state index contributed by atoms with van der Waals surface area (Å²) in [4.78, 5) is 25.5. The van der Waals surface area contributed by atoms with Crippen molar-refractivity contribution in [1.82, 2.24) is 0 Å². The largest absolute Gasteiger partial charge is 0.462 e. The molecular weight excluding hydrogens is 813 g/mol. The molecule has 4 N–H and O–H groups in total. The molecule has 1 fully saturated rings. The normalized spacial score (nSPS) is 20.0. The first kappa shape index (κ1) is 58.1. The zero-order valence-corrected chi connectivity index (χ0v) is 39.8. The lowest BCUT2D eigenvalue weighted by molar-refractivity contribution is -0.297. The van der Waals surface area contributed by atoms with Crippen molar-refractivity contribution in [3.05, 3.63) is 24.3 Å². The van der Waals surface area contributed by atoms with Gasteiger partial charge in [0.25, 0.3) is 10.1 Å². The molecule has 12 nitrogen and oxygen atoms in total. The molecule has 62 heavy (non-hydrogen) atoms. The van der Waals surface area contributed by atoms with Crippen LogP contribution in [0.5, 0.6) is 0 Å². The third-order valence-electron chi connectivity index (χ3n) is 11.5. The van der Waals surface area contributed by atoms with Crippen molar-refractivity contribution in [2.75, 3.05) is 19.0 Å². The van der Waals surface area contributed by atoms with Crippen LogP contribution in [-0.2, 0) is 38.7 Å². The van der Waals surface area contributed by atoms with Crippen LogP contribution >= 0.6 is 0 Å². The van der Waals surface area contributed by atoms with Crippen molar-refractivity contribution >= 4 is 22.1 Å². The fraction of sp³-hybridized carbons (Fsp3) is 0.878. The van der Waals surface area contributed by atoms with Gasteiger partial charge in [-0.3, -0.25) is 14.1 Å². The maximum absolute atomic E-state index is 12.9. The Hall–Kier alpha value is -1.87. The van der Waals surface area contributed by atoms with E-state index in [0.29, 0.717) is 12.8 Å². The summed E-state index contributed by atoms with van der Waals surface area (Å²) in [6, 6.07) is 0. The molecule has 364 valence electrons. The van der Waals surface area contributed by atoms with Crippen LogP contribution in [0, 0.1) is 0 Å². The van der Waals surface area contributed by atoms with Crippen LogP contribution < -0.4 is 0 Å². The lowest BCUT2D eigenvalue weighted by atomic mass is 10.00. The highest BCUT2D eigenvalue weighted by Crippen LogP contribution is 2.24. The van der Waals surface area contributed by atoms with E-state index >= 15 is 0 Å². The first-order chi connectivity index (χ1) is 30.0. The fourth-order valence-electron chi connectivity index (χ4n) is 7.65. The van der Waals surface area contributed by atoms with Crippen molar-refractivity contribution in [2.45, 2.75) is 256 Å². The number of carbonyl (C=O) groups excluding carboxylic acids is 2. The van der Waals surface area contributed by atoms with Gasteiger partial charge in [-0.05, 0) is 44.9 Å². The second-order valence-corrected chi connectivity index (χ2v) is 19.0. The van der Waals surface area contributed by atoms with E-state index in [1.807, 2.05) is 0 Å². The van der Waals surface area contributed by atoms with Gasteiger partial charge < -0.3 is 34.3 Å². The van der Waals surface area contributed by atoms with Gasteiger partial charge in [-0.1, -0.05) is 186 Å². The molecule has 0 aromatic carbocycles. The zero-order valence-electron chi connectivity index (χ0n) is 39.0. The number of aliphatic hydroxyl groups excluding tert-OH is 3. The van der Waals surface area contributed by atoms with Gasteiger partial charge in [-0.25, -0.2) is 0 Å². The molecule has 1 aliphatic heterocycles. The quantitative estimate of drug-likeness (QED) is 0.0197. The minimum atomic E-state index is -4.60. The highest BCUT2D eigenvalue weighted by molar-refractivity contribution is 7.85. The van der Waals surface area contributed by atoms with Gasteiger partial charge in [0.2, 0.25) is 0 Å². The Morgan fingerprint density at radius 2 is 0.968 bits per heavy atom. The molecule has 6 atom stereocenters. The van der Waals surface area contributed by atoms with Gasteiger partial charge in [0.05, 0.1) is 6.61 Å². The molecule has 13 heteroatoms. The van der Waals surface area contributed by atoms with Gasteiger partial charge in [-0.15, -0.1) is 0 Å². The SMILES string of the molecule is CCCCCCC/C=C\C/C=C\CCCCCCCCCCCC(=O)OC(COC(=O)CCCCCCCCCCCCCCC)COC1OC(CS(=O)(=O)O)C(O)C(O)C1O. The molecule has 0 aromatic rings. The van der Waals surface area contributed by atoms with E-state index < -0.39 is 71.2 Å². The standard InChI is InChI=1S/C49H90O12S/c1-3-5-7-9-11-13-15-17-18-19-20-21-22-23-24-26-28-30-32-34-36-38-45(51)60-42(40-59-49-48(54)47(53)46(52)43(61-49)41-62(55,56)57)39-58-44(50)37-35-33-31-29-27-25-16-14-12-10-8-6-4-2/h15,17,19-20,42-43,46-49,52-54H,3-14,16,18,21-41H2,1-2H3,(H,55,56,57)/b17-15-,20-19-. The minimum Gasteiger partial charge on any atom is -0.462 e. The number of ether oxygens (including phenoxy) is 4. The van der Waals surface area contributed by atoms with Crippen LogP contribution in [0.2, 0.25) is 0 Å². The van der Waals surface area contributed by atoms with Crippen LogP contribution in [0.3, 0.4) is 0 Å². The molecule has 0 aliphatic carbocycles. The van der Waals surface area contributed by atoms with Gasteiger partial charge in [-0.2, -0.15) is 8.42 Å². The minimum absolute atomic E-state index is 0.162. The van der Waals surface area contributed by atoms with Crippen LogP contribution in [0.4, 0.5) is 0 Å². The first-order valence-electron chi connectivity index (χ1n) is 24.9. The zero-order chi connectivity index (χ0) is 45.5. The number of rotatable bonds is 42. The molecule has 1 rings (SSSR count). The molecule has 0 spiro atoms. The van der Waals surface area contributed by atoms with Crippen molar-refractivity contribution in [1.29, 1.82) is 0 Å². The Labute approximate surface area is 377 Å². The van der Waals surface area contributed by atoms with Crippen molar-refractivity contribution in [3.8, 4) is 0 Å². The smallest absolute Gasteiger partial charge is 0.306 e. The summed E-state index contributed by atoms with van der Waals surface area (Å²) in [6.45, 7) is 3.77. The van der Waals surface area contributed by atoms with Crippen molar-refractivity contribution in [2.24, 2.45) is 0 Å². The van der Waals surface area contributed by atoms with Crippen LogP contribution in [0.15, 0.2) is 24.3 Å². The molecule has 0 radical (unpaired) electrons. The Morgan fingerprint density at radius 1 is 0.548 bits per heavy atom. The molecular formula is C49H90O12S. The number of esters is 2. The van der Waals surface area contributed by atoms with E-state index in [1.54, 1.807) is 0 Å². The van der Waals surface area contributed by atoms with E-state index in [-0.39, 0.29) is 19.4 Å². The second-order valence-electron chi connectivity index (χ2n) is 17.5. The molecule has 1 saturated heterocycles. The highest BCUT2D eigenvalue weighted by atomic mass is 32.2. The van der Waals surface area contributed by atoms with E-state index in [4.69, 9.17) is 18.9 Å². The second kappa shape index (κ2) is 39.5. The Kier molecular flexibility index (Phi) is 37.0. The molecule has 1 aliphatic rings. The number of unbranched alkanes of at least 4 members (excludes halogenated alkanes) is 26. The van der Waals surface area contributed by atoms with Gasteiger partial charge in [0.15, 0.2) is 12.4 Å². The summed E-state index contributed by atoms with van der Waals surface area (Å²) in [7, 11) is -4.60. The summed E-state index contributed by atoms with van der Waals surface area (Å²) < 4.78 is 54.2. The van der Waals surface area contributed by atoms with Crippen molar-refractivity contribution < 1.29 is 56.8 Å². The molecule has 0 amide bonds. The average Bonchev–Trinajstić information content (AvgIpc) is 3.24. The van der Waals surface area contributed by atoms with Gasteiger partial charge in [0, 0.05) is 12.8 Å². The number of hydrogen-bond acceptors (Lipinski definition) is 11. The third-order valence-corrected chi connectivity index (χ3v) is 12.3. The number of aliphatic hydroxyl groups is 3. The maximum atomic E-state index is 12.9. The average molecular weight is 903 g/mol. The maximum Gasteiger partial charge on any atom is 0.306 e. The van der Waals surface area contributed by atoms with E-state index in [2.05, 4.69) is 38.2 Å². The Morgan fingerprint density at radius 3 is 1.42 bits per heavy atom. The molecule has 1 heterocycles. The monoisotopic (exact) mass is 903 g/mol. The number of hydrogen-bond donors (Lipinski definition) is 4. The summed E-state index contributed by atoms with van der Waals surface area (Å²) in [6.07, 6.45) is 35.0. The van der Waals surface area contributed by atoms with E-state index in [0.717, 1.165) is 51.4 Å². The summed E-state index contributed by atoms with van der Waals surface area (Å²) in [5.41, 5.74) is 0. The first-order valence-corrected chi connectivity index (χ1v) is 26.5. The predicted molar refractivity (Wildman–Crippen MR) is 247 cm³/mol. The van der Waals surface area contributed by atoms with E-state index in [1.165, 1.54) is 128 Å². The topological polar surface area (TPSA) is 186 Å². The highest BCUT2D eigenvalue weighted by Gasteiger charge is 2.46. The summed E-state index contributed by atoms with van der Waals surface area (Å²) in [5, 5.41) is 30.9. The fourth-order valence-corrected chi connectivity index (χ4v) is 8.34. The molecule has 0 aromatic heterocycles. The molecule has 0 bridgehead atoms. The molecule has 0 saturated carbocycles. The van der Waals surface area contributed by atoms with Crippen LogP contribution in [0.25, 0.3) is 0 Å². The number of carbonyl (C=O) groups is 2. The Bertz CT molecular complexity index is 1240. The summed E-state index contributed by atoms with van der Waals surface area (Å²) in [5.74, 6) is -1.98. The Balaban J connectivity index is 2.38. The van der Waals surface area contributed by atoms with Gasteiger partial charge >= 0.3 is 11.9 Å². The summed E-state index contributed by atoms with van der Waals surface area (Å²) >= 11 is 0. The van der Waals surface area contributed by atoms with Crippen molar-refractivity contribution in [3.63, 3.8) is 0 Å². The molecule has 6 unspecified atom stereocenters. The lowest BCUT2D eigenvalue weighted by Gasteiger charge is -2.40. The van der Waals surface area contributed by atoms with Crippen LogP contribution in [-0.4, -0.2) is 96.0 Å².